The zero-order chi connectivity index (χ0) is 13.4. The Labute approximate surface area is 97.2 Å². The van der Waals surface area contributed by atoms with Crippen molar-refractivity contribution in [3.63, 3.8) is 0 Å². The van der Waals surface area contributed by atoms with E-state index in [4.69, 9.17) is 0 Å². The van der Waals surface area contributed by atoms with Crippen molar-refractivity contribution in [1.82, 2.24) is 0 Å². The van der Waals surface area contributed by atoms with Gasteiger partial charge >= 0.3 is 0 Å². The normalized spacial score (nSPS) is 26.5. The summed E-state index contributed by atoms with van der Waals surface area (Å²) >= 11 is 0. The van der Waals surface area contributed by atoms with Crippen molar-refractivity contribution in [2.24, 2.45) is 11.3 Å². The topological polar surface area (TPSA) is 17.1 Å². The average Bonchev–Trinajstić information content (AvgIpc) is 2.21. The smallest absolute Gasteiger partial charge is 0.168 e. The van der Waals surface area contributed by atoms with Crippen LogP contribution in [0.4, 0.5) is 17.6 Å². The minimum atomic E-state index is -2.30. The summed E-state index contributed by atoms with van der Waals surface area (Å²) in [5.74, 6) is -5.98. The second-order valence-electron chi connectivity index (χ2n) is 5.31. The molecule has 0 amide bonds. The number of halogens is 4. The van der Waals surface area contributed by atoms with Crippen LogP contribution in [0.5, 0.6) is 0 Å². The molecule has 1 nitrogen and oxygen atoms in total. The highest BCUT2D eigenvalue weighted by molar-refractivity contribution is 5.81. The third-order valence-electron chi connectivity index (χ3n) is 2.57. The summed E-state index contributed by atoms with van der Waals surface area (Å²) in [6, 6.07) is 0. The molecule has 0 fully saturated rings. The Kier molecular flexibility index (Phi) is 3.79. The van der Waals surface area contributed by atoms with Crippen molar-refractivity contribution >= 4 is 6.29 Å². The Morgan fingerprint density at radius 1 is 1.18 bits per heavy atom. The SMILES string of the molecule is CC(C)(C)CC1C(F)=C(F)C(C=O)=C(F)C1F. The molecule has 0 N–H and O–H groups in total. The van der Waals surface area contributed by atoms with Crippen molar-refractivity contribution in [2.75, 3.05) is 0 Å². The van der Waals surface area contributed by atoms with Gasteiger partial charge in [0.05, 0.1) is 11.5 Å². The van der Waals surface area contributed by atoms with Crippen LogP contribution in [0, 0.1) is 11.3 Å². The number of aldehydes is 1. The lowest BCUT2D eigenvalue weighted by atomic mass is 9.79. The highest BCUT2D eigenvalue weighted by Gasteiger charge is 2.41. The van der Waals surface area contributed by atoms with E-state index < -0.39 is 40.6 Å². The molecule has 0 heterocycles. The van der Waals surface area contributed by atoms with Crippen LogP contribution in [-0.2, 0) is 4.79 Å². The monoisotopic (exact) mass is 250 g/mol. The standard InChI is InChI=1S/C12H14F4O/c1-12(2,3)4-6-8(13)10(15)7(5-17)11(16)9(6)14/h5-6,8H,4H2,1-3H3. The zero-order valence-corrected chi connectivity index (χ0v) is 9.86. The van der Waals surface area contributed by atoms with E-state index in [9.17, 15) is 22.4 Å². The Hall–Kier alpha value is -1.13. The summed E-state index contributed by atoms with van der Waals surface area (Å²) in [5.41, 5.74) is -1.63. The Morgan fingerprint density at radius 3 is 2.12 bits per heavy atom. The van der Waals surface area contributed by atoms with Crippen LogP contribution in [0.2, 0.25) is 0 Å². The van der Waals surface area contributed by atoms with Crippen molar-refractivity contribution in [3.05, 3.63) is 23.1 Å². The fourth-order valence-electron chi connectivity index (χ4n) is 1.81. The number of carbonyl (C=O) groups excluding carboxylic acids is 1. The van der Waals surface area contributed by atoms with Crippen LogP contribution in [-0.4, -0.2) is 12.5 Å². The molecule has 1 rings (SSSR count). The van der Waals surface area contributed by atoms with E-state index in [0.29, 0.717) is 0 Å². The van der Waals surface area contributed by atoms with E-state index in [1.165, 1.54) is 0 Å². The van der Waals surface area contributed by atoms with Gasteiger partial charge in [-0.2, -0.15) is 0 Å². The molecule has 1 aliphatic carbocycles. The van der Waals surface area contributed by atoms with Gasteiger partial charge in [0.25, 0.3) is 0 Å². The first-order chi connectivity index (χ1) is 7.69. The highest BCUT2D eigenvalue weighted by Crippen LogP contribution is 2.43. The number of hydrogen-bond acceptors (Lipinski definition) is 1. The first kappa shape index (κ1) is 13.9. The van der Waals surface area contributed by atoms with Crippen LogP contribution in [0.15, 0.2) is 23.1 Å². The van der Waals surface area contributed by atoms with Crippen molar-refractivity contribution < 1.29 is 22.4 Å². The largest absolute Gasteiger partial charge is 0.298 e. The lowest BCUT2D eigenvalue weighted by molar-refractivity contribution is -0.105. The van der Waals surface area contributed by atoms with Gasteiger partial charge in [0.1, 0.15) is 11.7 Å². The second kappa shape index (κ2) is 4.63. The lowest BCUT2D eigenvalue weighted by Gasteiger charge is -2.29. The maximum atomic E-state index is 13.6. The molecule has 0 aromatic carbocycles. The molecule has 0 bridgehead atoms. The molecule has 2 unspecified atom stereocenters. The summed E-state index contributed by atoms with van der Waals surface area (Å²) in [6.45, 7) is 5.13. The molecule has 0 spiro atoms. The number of rotatable bonds is 2. The first-order valence-electron chi connectivity index (χ1n) is 5.23. The van der Waals surface area contributed by atoms with E-state index >= 15 is 0 Å². The maximum Gasteiger partial charge on any atom is 0.168 e. The summed E-state index contributed by atoms with van der Waals surface area (Å²) in [4.78, 5) is 10.4. The molecule has 0 saturated heterocycles. The molecule has 2 atom stereocenters. The molecule has 17 heavy (non-hydrogen) atoms. The van der Waals surface area contributed by atoms with Gasteiger partial charge in [0.15, 0.2) is 18.3 Å². The minimum absolute atomic E-state index is 0.0486. The number of alkyl halides is 1. The van der Waals surface area contributed by atoms with Crippen LogP contribution in [0.25, 0.3) is 0 Å². The molecule has 0 radical (unpaired) electrons. The van der Waals surface area contributed by atoms with Crippen LogP contribution in [0.1, 0.15) is 27.2 Å². The fourth-order valence-corrected chi connectivity index (χ4v) is 1.81. The molecule has 96 valence electrons. The van der Waals surface area contributed by atoms with Gasteiger partial charge in [0.2, 0.25) is 0 Å². The van der Waals surface area contributed by atoms with E-state index in [1.54, 1.807) is 20.8 Å². The van der Waals surface area contributed by atoms with Gasteiger partial charge in [0, 0.05) is 0 Å². The molecule has 0 aliphatic heterocycles. The van der Waals surface area contributed by atoms with E-state index in [-0.39, 0.29) is 12.7 Å². The van der Waals surface area contributed by atoms with Crippen LogP contribution >= 0.6 is 0 Å². The Bertz CT molecular complexity index is 390. The third kappa shape index (κ3) is 2.76. The van der Waals surface area contributed by atoms with Crippen molar-refractivity contribution in [3.8, 4) is 0 Å². The van der Waals surface area contributed by atoms with E-state index in [2.05, 4.69) is 0 Å². The summed E-state index contributed by atoms with van der Waals surface area (Å²) < 4.78 is 53.8. The Balaban J connectivity index is 3.15. The van der Waals surface area contributed by atoms with Gasteiger partial charge in [-0.1, -0.05) is 20.8 Å². The lowest BCUT2D eigenvalue weighted by Crippen LogP contribution is -2.28. The highest BCUT2D eigenvalue weighted by atomic mass is 19.2. The molecule has 5 heteroatoms. The maximum absolute atomic E-state index is 13.6. The Morgan fingerprint density at radius 2 is 1.71 bits per heavy atom. The first-order valence-corrected chi connectivity index (χ1v) is 5.23. The van der Waals surface area contributed by atoms with Crippen LogP contribution < -0.4 is 0 Å². The molecule has 0 aromatic rings. The predicted molar refractivity (Wildman–Crippen MR) is 55.9 cm³/mol. The number of carbonyl (C=O) groups is 1. The van der Waals surface area contributed by atoms with E-state index in [1.807, 2.05) is 0 Å². The molecule has 1 aliphatic rings. The van der Waals surface area contributed by atoms with Gasteiger partial charge < -0.3 is 0 Å². The van der Waals surface area contributed by atoms with Gasteiger partial charge in [-0.3, -0.25) is 4.79 Å². The second-order valence-corrected chi connectivity index (χ2v) is 5.31. The van der Waals surface area contributed by atoms with Crippen LogP contribution in [0.3, 0.4) is 0 Å². The number of hydrogen-bond donors (Lipinski definition) is 0. The van der Waals surface area contributed by atoms with Gasteiger partial charge in [-0.15, -0.1) is 0 Å². The molecule has 0 saturated carbocycles. The summed E-state index contributed by atoms with van der Waals surface area (Å²) in [7, 11) is 0. The summed E-state index contributed by atoms with van der Waals surface area (Å²) in [5, 5.41) is 0. The summed E-state index contributed by atoms with van der Waals surface area (Å²) in [6.07, 6.45) is -2.55. The molecular formula is C12H14F4O. The van der Waals surface area contributed by atoms with Gasteiger partial charge in [-0.25, -0.2) is 17.6 Å². The average molecular weight is 250 g/mol. The van der Waals surface area contributed by atoms with Crippen molar-refractivity contribution in [2.45, 2.75) is 33.4 Å². The molecule has 0 aromatic heterocycles. The zero-order valence-electron chi connectivity index (χ0n) is 9.86. The van der Waals surface area contributed by atoms with E-state index in [0.717, 1.165) is 0 Å². The third-order valence-corrected chi connectivity index (χ3v) is 2.57. The quantitative estimate of drug-likeness (QED) is 0.535. The minimum Gasteiger partial charge on any atom is -0.298 e. The number of allylic oxidation sites excluding steroid dienone is 4. The molecular weight excluding hydrogens is 236 g/mol. The van der Waals surface area contributed by atoms with Gasteiger partial charge in [-0.05, 0) is 11.8 Å². The fraction of sp³-hybridized carbons (Fsp3) is 0.583. The van der Waals surface area contributed by atoms with Crippen molar-refractivity contribution in [1.29, 1.82) is 0 Å². The predicted octanol–water partition coefficient (Wildman–Crippen LogP) is 3.96.